The van der Waals surface area contributed by atoms with Crippen LogP contribution in [0.2, 0.25) is 10.0 Å². The Morgan fingerprint density at radius 1 is 1.12 bits per heavy atom. The van der Waals surface area contributed by atoms with Gasteiger partial charge in [-0.25, -0.2) is 0 Å². The third-order valence-corrected chi connectivity index (χ3v) is 4.91. The molecule has 1 aliphatic rings. The molecule has 1 aromatic carbocycles. The largest absolute Gasteiger partial charge is 0.337 e. The standard InChI is InChI=1S/C19H19Cl2N3O/c20-17-5-3-15(12-18(17)21)4-6-19(25)24-10-8-23(9-11-24)14-16-2-1-7-22-13-16/h1-7,12-13H,8-11,14H2/b6-4+. The normalized spacial score (nSPS) is 15.7. The fourth-order valence-electron chi connectivity index (χ4n) is 2.77. The summed E-state index contributed by atoms with van der Waals surface area (Å²) in [5.74, 6) is 0.0205. The van der Waals surface area contributed by atoms with Crippen LogP contribution < -0.4 is 0 Å². The summed E-state index contributed by atoms with van der Waals surface area (Å²) in [6, 6.07) is 9.34. The first kappa shape index (κ1) is 17.9. The number of halogens is 2. The van der Waals surface area contributed by atoms with Crippen molar-refractivity contribution in [3.63, 3.8) is 0 Å². The van der Waals surface area contributed by atoms with E-state index in [0.29, 0.717) is 10.0 Å². The number of rotatable bonds is 4. The van der Waals surface area contributed by atoms with Crippen LogP contribution in [0, 0.1) is 0 Å². The van der Waals surface area contributed by atoms with Crippen LogP contribution in [0.25, 0.3) is 6.08 Å². The highest BCUT2D eigenvalue weighted by Gasteiger charge is 2.19. The van der Waals surface area contributed by atoms with Crippen molar-refractivity contribution in [1.82, 2.24) is 14.8 Å². The van der Waals surface area contributed by atoms with Crippen molar-refractivity contribution in [2.45, 2.75) is 6.54 Å². The zero-order valence-electron chi connectivity index (χ0n) is 13.7. The molecule has 0 N–H and O–H groups in total. The first-order valence-electron chi connectivity index (χ1n) is 8.15. The molecule has 0 saturated carbocycles. The predicted octanol–water partition coefficient (Wildman–Crippen LogP) is 3.75. The number of pyridine rings is 1. The van der Waals surface area contributed by atoms with Gasteiger partial charge in [-0.1, -0.05) is 35.3 Å². The summed E-state index contributed by atoms with van der Waals surface area (Å²) in [7, 11) is 0. The van der Waals surface area contributed by atoms with E-state index in [4.69, 9.17) is 23.2 Å². The van der Waals surface area contributed by atoms with E-state index >= 15 is 0 Å². The molecule has 6 heteroatoms. The molecular formula is C19H19Cl2N3O. The summed E-state index contributed by atoms with van der Waals surface area (Å²) in [6.07, 6.45) is 7.03. The Balaban J connectivity index is 1.51. The summed E-state index contributed by atoms with van der Waals surface area (Å²) >= 11 is 11.9. The Morgan fingerprint density at radius 2 is 1.92 bits per heavy atom. The van der Waals surface area contributed by atoms with E-state index in [-0.39, 0.29) is 5.91 Å². The minimum atomic E-state index is 0.0205. The monoisotopic (exact) mass is 375 g/mol. The molecule has 1 amide bonds. The Labute approximate surface area is 157 Å². The number of benzene rings is 1. The van der Waals surface area contributed by atoms with E-state index in [2.05, 4.69) is 16.0 Å². The summed E-state index contributed by atoms with van der Waals surface area (Å²) in [6.45, 7) is 4.05. The molecule has 0 unspecified atom stereocenters. The molecule has 130 valence electrons. The third kappa shape index (κ3) is 5.05. The van der Waals surface area contributed by atoms with Crippen LogP contribution in [0.15, 0.2) is 48.8 Å². The number of amides is 1. The summed E-state index contributed by atoms with van der Waals surface area (Å²) in [4.78, 5) is 20.7. The average Bonchev–Trinajstić information content (AvgIpc) is 2.64. The van der Waals surface area contributed by atoms with E-state index in [9.17, 15) is 4.79 Å². The lowest BCUT2D eigenvalue weighted by atomic mass is 10.2. The first-order chi connectivity index (χ1) is 12.1. The second kappa shape index (κ2) is 8.48. The van der Waals surface area contributed by atoms with Crippen molar-refractivity contribution < 1.29 is 4.79 Å². The van der Waals surface area contributed by atoms with Gasteiger partial charge in [-0.15, -0.1) is 0 Å². The molecule has 0 atom stereocenters. The lowest BCUT2D eigenvalue weighted by Gasteiger charge is -2.34. The molecule has 1 aliphatic heterocycles. The molecule has 0 bridgehead atoms. The van der Waals surface area contributed by atoms with E-state index < -0.39 is 0 Å². The highest BCUT2D eigenvalue weighted by atomic mass is 35.5. The molecule has 1 aromatic heterocycles. The molecule has 0 radical (unpaired) electrons. The zero-order chi connectivity index (χ0) is 17.6. The molecule has 2 heterocycles. The van der Waals surface area contributed by atoms with Crippen molar-refractivity contribution in [3.8, 4) is 0 Å². The van der Waals surface area contributed by atoms with Gasteiger partial charge in [-0.2, -0.15) is 0 Å². The minimum absolute atomic E-state index is 0.0205. The Morgan fingerprint density at radius 3 is 2.60 bits per heavy atom. The second-order valence-corrected chi connectivity index (χ2v) is 6.78. The minimum Gasteiger partial charge on any atom is -0.337 e. The zero-order valence-corrected chi connectivity index (χ0v) is 15.2. The van der Waals surface area contributed by atoms with Gasteiger partial charge in [0.05, 0.1) is 10.0 Å². The third-order valence-electron chi connectivity index (χ3n) is 4.17. The van der Waals surface area contributed by atoms with Crippen LogP contribution in [0.4, 0.5) is 0 Å². The van der Waals surface area contributed by atoms with Crippen molar-refractivity contribution in [3.05, 3.63) is 70.0 Å². The summed E-state index contributed by atoms with van der Waals surface area (Å²) < 4.78 is 0. The number of hydrogen-bond acceptors (Lipinski definition) is 3. The van der Waals surface area contributed by atoms with Crippen molar-refractivity contribution in [1.29, 1.82) is 0 Å². The molecule has 0 spiro atoms. The lowest BCUT2D eigenvalue weighted by molar-refractivity contribution is -0.127. The van der Waals surface area contributed by atoms with E-state index in [0.717, 1.165) is 38.3 Å². The Kier molecular flexibility index (Phi) is 6.08. The van der Waals surface area contributed by atoms with Crippen LogP contribution >= 0.6 is 23.2 Å². The van der Waals surface area contributed by atoms with Crippen molar-refractivity contribution >= 4 is 35.2 Å². The van der Waals surface area contributed by atoms with Crippen LogP contribution in [-0.2, 0) is 11.3 Å². The predicted molar refractivity (Wildman–Crippen MR) is 102 cm³/mol. The lowest BCUT2D eigenvalue weighted by Crippen LogP contribution is -2.47. The van der Waals surface area contributed by atoms with Gasteiger partial charge in [-0.3, -0.25) is 14.7 Å². The fourth-order valence-corrected chi connectivity index (χ4v) is 3.07. The van der Waals surface area contributed by atoms with Gasteiger partial charge < -0.3 is 4.90 Å². The van der Waals surface area contributed by atoms with Crippen LogP contribution in [0.5, 0.6) is 0 Å². The molecule has 1 fully saturated rings. The number of carbonyl (C=O) groups is 1. The maximum Gasteiger partial charge on any atom is 0.246 e. The maximum absolute atomic E-state index is 12.3. The van der Waals surface area contributed by atoms with Crippen LogP contribution in [0.3, 0.4) is 0 Å². The van der Waals surface area contributed by atoms with Crippen LogP contribution in [-0.4, -0.2) is 46.9 Å². The van der Waals surface area contributed by atoms with Gasteiger partial charge in [0, 0.05) is 51.2 Å². The van der Waals surface area contributed by atoms with Gasteiger partial charge in [0.1, 0.15) is 0 Å². The highest BCUT2D eigenvalue weighted by Crippen LogP contribution is 2.23. The second-order valence-electron chi connectivity index (χ2n) is 5.97. The van der Waals surface area contributed by atoms with E-state index in [1.54, 1.807) is 30.5 Å². The van der Waals surface area contributed by atoms with Gasteiger partial charge in [0.25, 0.3) is 0 Å². The average molecular weight is 376 g/mol. The number of aromatic nitrogens is 1. The Bertz CT molecular complexity index is 757. The summed E-state index contributed by atoms with van der Waals surface area (Å²) in [5, 5.41) is 0.996. The number of hydrogen-bond donors (Lipinski definition) is 0. The van der Waals surface area contributed by atoms with Crippen molar-refractivity contribution in [2.24, 2.45) is 0 Å². The van der Waals surface area contributed by atoms with Gasteiger partial charge >= 0.3 is 0 Å². The maximum atomic E-state index is 12.3. The summed E-state index contributed by atoms with van der Waals surface area (Å²) in [5.41, 5.74) is 2.06. The molecule has 1 saturated heterocycles. The quantitative estimate of drug-likeness (QED) is 0.763. The molecule has 25 heavy (non-hydrogen) atoms. The van der Waals surface area contributed by atoms with Crippen molar-refractivity contribution in [2.75, 3.05) is 26.2 Å². The van der Waals surface area contributed by atoms with Crippen LogP contribution in [0.1, 0.15) is 11.1 Å². The number of piperazine rings is 1. The number of nitrogens with zero attached hydrogens (tertiary/aromatic N) is 3. The topological polar surface area (TPSA) is 36.4 Å². The van der Waals surface area contributed by atoms with Gasteiger partial charge in [0.15, 0.2) is 0 Å². The van der Waals surface area contributed by atoms with E-state index in [1.807, 2.05) is 23.2 Å². The number of carbonyl (C=O) groups excluding carboxylic acids is 1. The fraction of sp³-hybridized carbons (Fsp3) is 0.263. The highest BCUT2D eigenvalue weighted by molar-refractivity contribution is 6.42. The first-order valence-corrected chi connectivity index (χ1v) is 8.91. The molecule has 4 nitrogen and oxygen atoms in total. The van der Waals surface area contributed by atoms with E-state index in [1.165, 1.54) is 5.56 Å². The molecular weight excluding hydrogens is 357 g/mol. The molecule has 2 aromatic rings. The molecule has 3 rings (SSSR count). The van der Waals surface area contributed by atoms with Gasteiger partial charge in [0.2, 0.25) is 5.91 Å². The van der Waals surface area contributed by atoms with Gasteiger partial charge in [-0.05, 0) is 35.4 Å². The smallest absolute Gasteiger partial charge is 0.246 e. The SMILES string of the molecule is O=C(/C=C/c1ccc(Cl)c(Cl)c1)N1CCN(Cc2cccnc2)CC1. The molecule has 0 aliphatic carbocycles. The Hall–Kier alpha value is -1.88.